The van der Waals surface area contributed by atoms with Gasteiger partial charge in [-0.1, -0.05) is 12.1 Å². The number of ether oxygens (including phenoxy) is 2. The number of hydrogen-bond donors (Lipinski definition) is 1. The highest BCUT2D eigenvalue weighted by Crippen LogP contribution is 2.32. The van der Waals surface area contributed by atoms with Crippen LogP contribution in [0.1, 0.15) is 30.7 Å². The molecule has 24 heavy (non-hydrogen) atoms. The van der Waals surface area contributed by atoms with Gasteiger partial charge in [0.2, 0.25) is 5.91 Å². The lowest BCUT2D eigenvalue weighted by Crippen LogP contribution is -2.51. The van der Waals surface area contributed by atoms with Crippen LogP contribution < -0.4 is 5.32 Å². The Morgan fingerprint density at radius 1 is 1.17 bits per heavy atom. The zero-order valence-electron chi connectivity index (χ0n) is 13.7. The molecule has 0 saturated carbocycles. The van der Waals surface area contributed by atoms with Crippen LogP contribution in [0.5, 0.6) is 0 Å². The molecule has 3 aliphatic heterocycles. The van der Waals surface area contributed by atoms with Crippen LogP contribution in [0.2, 0.25) is 0 Å². The number of likely N-dealkylation sites (tertiary alicyclic amines) is 1. The Labute approximate surface area is 141 Å². The fraction of sp³-hybridized carbons (Fsp3) is 0.611. The lowest BCUT2D eigenvalue weighted by Gasteiger charge is -2.38. The van der Waals surface area contributed by atoms with Crippen molar-refractivity contribution in [1.29, 1.82) is 0 Å². The Kier molecular flexibility index (Phi) is 4.28. The number of carbonyl (C=O) groups excluding carboxylic acids is 1. The molecule has 1 spiro atoms. The Hall–Kier alpha value is -1.50. The summed E-state index contributed by atoms with van der Waals surface area (Å²) in [5.41, 5.74) is 1.09. The highest BCUT2D eigenvalue weighted by Gasteiger charge is 2.42. The van der Waals surface area contributed by atoms with Crippen LogP contribution >= 0.6 is 0 Å². The van der Waals surface area contributed by atoms with Crippen LogP contribution in [-0.2, 0) is 14.3 Å². The molecule has 0 aromatic heterocycles. The SMILES string of the molecule is O=C(C1CC(c2ccc(F)cc2)CN1)N1CCC2(CC1)OCCO2. The third kappa shape index (κ3) is 3.06. The summed E-state index contributed by atoms with van der Waals surface area (Å²) in [7, 11) is 0. The van der Waals surface area contributed by atoms with Crippen molar-refractivity contribution in [3.05, 3.63) is 35.6 Å². The molecule has 3 fully saturated rings. The molecule has 6 heteroatoms. The van der Waals surface area contributed by atoms with Gasteiger partial charge >= 0.3 is 0 Å². The number of amides is 1. The second-order valence-corrected chi connectivity index (χ2v) is 6.88. The molecule has 2 atom stereocenters. The first-order valence-electron chi connectivity index (χ1n) is 8.71. The fourth-order valence-corrected chi connectivity index (χ4v) is 3.99. The van der Waals surface area contributed by atoms with Gasteiger partial charge in [-0.25, -0.2) is 4.39 Å². The Morgan fingerprint density at radius 2 is 1.83 bits per heavy atom. The van der Waals surface area contributed by atoms with Crippen LogP contribution in [0.25, 0.3) is 0 Å². The topological polar surface area (TPSA) is 50.8 Å². The van der Waals surface area contributed by atoms with Gasteiger partial charge in [0.05, 0.1) is 19.3 Å². The van der Waals surface area contributed by atoms with Crippen molar-refractivity contribution in [3.63, 3.8) is 0 Å². The van der Waals surface area contributed by atoms with E-state index in [0.29, 0.717) is 26.3 Å². The Morgan fingerprint density at radius 3 is 2.50 bits per heavy atom. The van der Waals surface area contributed by atoms with Gasteiger partial charge in [0, 0.05) is 32.5 Å². The van der Waals surface area contributed by atoms with Crippen molar-refractivity contribution in [2.24, 2.45) is 0 Å². The number of rotatable bonds is 2. The second kappa shape index (κ2) is 6.43. The van der Waals surface area contributed by atoms with Crippen LogP contribution in [0.3, 0.4) is 0 Å². The van der Waals surface area contributed by atoms with Gasteiger partial charge in [-0.15, -0.1) is 0 Å². The Balaban J connectivity index is 1.33. The van der Waals surface area contributed by atoms with E-state index in [2.05, 4.69) is 5.32 Å². The highest BCUT2D eigenvalue weighted by atomic mass is 19.1. The van der Waals surface area contributed by atoms with Crippen molar-refractivity contribution in [2.75, 3.05) is 32.8 Å². The van der Waals surface area contributed by atoms with E-state index in [1.807, 2.05) is 17.0 Å². The van der Waals surface area contributed by atoms with Crippen molar-refractivity contribution >= 4 is 5.91 Å². The minimum atomic E-state index is -0.448. The minimum Gasteiger partial charge on any atom is -0.347 e. The Bertz CT molecular complexity index is 591. The molecule has 0 aliphatic carbocycles. The summed E-state index contributed by atoms with van der Waals surface area (Å²) in [5.74, 6) is -0.253. The summed E-state index contributed by atoms with van der Waals surface area (Å²) in [6.07, 6.45) is 2.25. The number of halogens is 1. The monoisotopic (exact) mass is 334 g/mol. The molecule has 0 bridgehead atoms. The molecule has 1 N–H and O–H groups in total. The lowest BCUT2D eigenvalue weighted by molar-refractivity contribution is -0.187. The lowest BCUT2D eigenvalue weighted by atomic mass is 9.95. The van der Waals surface area contributed by atoms with Gasteiger partial charge in [-0.05, 0) is 30.0 Å². The van der Waals surface area contributed by atoms with Crippen molar-refractivity contribution < 1.29 is 18.7 Å². The molecular weight excluding hydrogens is 311 g/mol. The average molecular weight is 334 g/mol. The summed E-state index contributed by atoms with van der Waals surface area (Å²) < 4.78 is 24.5. The van der Waals surface area contributed by atoms with Gasteiger partial charge < -0.3 is 19.7 Å². The largest absolute Gasteiger partial charge is 0.347 e. The van der Waals surface area contributed by atoms with E-state index in [-0.39, 0.29) is 23.7 Å². The standard InChI is InChI=1S/C18H23FN2O3/c19-15-3-1-13(2-4-15)14-11-16(20-12-14)17(22)21-7-5-18(6-8-21)23-9-10-24-18/h1-4,14,16,20H,5-12H2. The van der Waals surface area contributed by atoms with Crippen molar-refractivity contribution in [2.45, 2.75) is 37.0 Å². The van der Waals surface area contributed by atoms with Gasteiger partial charge in [-0.3, -0.25) is 4.79 Å². The van der Waals surface area contributed by atoms with E-state index in [4.69, 9.17) is 9.47 Å². The third-order valence-corrected chi connectivity index (χ3v) is 5.42. The molecule has 1 aromatic carbocycles. The molecule has 3 aliphatic rings. The zero-order valence-corrected chi connectivity index (χ0v) is 13.7. The molecular formula is C18H23FN2O3. The smallest absolute Gasteiger partial charge is 0.239 e. The van der Waals surface area contributed by atoms with Crippen LogP contribution in [0.4, 0.5) is 4.39 Å². The first kappa shape index (κ1) is 16.0. The third-order valence-electron chi connectivity index (χ3n) is 5.42. The maximum absolute atomic E-state index is 13.1. The zero-order chi connectivity index (χ0) is 16.6. The predicted octanol–water partition coefficient (Wildman–Crippen LogP) is 1.64. The molecule has 130 valence electrons. The summed E-state index contributed by atoms with van der Waals surface area (Å²) in [6.45, 7) is 3.41. The molecule has 5 nitrogen and oxygen atoms in total. The number of nitrogens with one attached hydrogen (secondary N) is 1. The normalized spacial score (nSPS) is 29.3. The maximum atomic E-state index is 13.1. The predicted molar refractivity (Wildman–Crippen MR) is 86.0 cm³/mol. The fourth-order valence-electron chi connectivity index (χ4n) is 3.99. The number of benzene rings is 1. The molecule has 3 saturated heterocycles. The molecule has 4 rings (SSSR count). The molecule has 2 unspecified atom stereocenters. The quantitative estimate of drug-likeness (QED) is 0.893. The van der Waals surface area contributed by atoms with Crippen LogP contribution in [-0.4, -0.2) is 55.5 Å². The highest BCUT2D eigenvalue weighted by molar-refractivity contribution is 5.82. The summed E-state index contributed by atoms with van der Waals surface area (Å²) in [5, 5.41) is 3.33. The number of carbonyl (C=O) groups is 1. The minimum absolute atomic E-state index is 0.153. The van der Waals surface area contributed by atoms with Crippen LogP contribution in [0, 0.1) is 5.82 Å². The maximum Gasteiger partial charge on any atom is 0.239 e. The van der Waals surface area contributed by atoms with Crippen LogP contribution in [0.15, 0.2) is 24.3 Å². The van der Waals surface area contributed by atoms with E-state index < -0.39 is 5.79 Å². The second-order valence-electron chi connectivity index (χ2n) is 6.88. The number of nitrogens with zero attached hydrogens (tertiary/aromatic N) is 1. The summed E-state index contributed by atoms with van der Waals surface area (Å²) in [6, 6.07) is 6.44. The summed E-state index contributed by atoms with van der Waals surface area (Å²) in [4.78, 5) is 14.7. The van der Waals surface area contributed by atoms with E-state index in [1.165, 1.54) is 12.1 Å². The van der Waals surface area contributed by atoms with Crippen molar-refractivity contribution in [1.82, 2.24) is 10.2 Å². The van der Waals surface area contributed by atoms with Gasteiger partial charge in [0.25, 0.3) is 0 Å². The van der Waals surface area contributed by atoms with E-state index >= 15 is 0 Å². The van der Waals surface area contributed by atoms with Crippen molar-refractivity contribution in [3.8, 4) is 0 Å². The average Bonchev–Trinajstić information content (AvgIpc) is 3.26. The van der Waals surface area contributed by atoms with E-state index in [9.17, 15) is 9.18 Å². The van der Waals surface area contributed by atoms with Gasteiger partial charge in [0.15, 0.2) is 5.79 Å². The molecule has 3 heterocycles. The van der Waals surface area contributed by atoms with Gasteiger partial charge in [0.1, 0.15) is 5.82 Å². The van der Waals surface area contributed by atoms with E-state index in [0.717, 1.165) is 31.4 Å². The first-order chi connectivity index (χ1) is 11.7. The molecule has 0 radical (unpaired) electrons. The number of piperidine rings is 1. The summed E-state index contributed by atoms with van der Waals surface area (Å²) >= 11 is 0. The number of hydrogen-bond acceptors (Lipinski definition) is 4. The first-order valence-corrected chi connectivity index (χ1v) is 8.71. The molecule has 1 amide bonds. The van der Waals surface area contributed by atoms with E-state index in [1.54, 1.807) is 0 Å². The molecule has 1 aromatic rings. The van der Waals surface area contributed by atoms with Gasteiger partial charge in [-0.2, -0.15) is 0 Å².